The highest BCUT2D eigenvalue weighted by Gasteiger charge is 1.99. The van der Waals surface area contributed by atoms with Crippen LogP contribution in [0.25, 0.3) is 6.08 Å². The van der Waals surface area contributed by atoms with E-state index in [-0.39, 0.29) is 4.90 Å². The molecule has 1 aromatic rings. The van der Waals surface area contributed by atoms with Gasteiger partial charge in [-0.1, -0.05) is 12.1 Å². The first-order valence-corrected chi connectivity index (χ1v) is 5.27. The Labute approximate surface area is 86.4 Å². The van der Waals surface area contributed by atoms with Gasteiger partial charge in [0, 0.05) is 6.08 Å². The van der Waals surface area contributed by atoms with Crippen molar-refractivity contribution in [1.29, 1.82) is 0 Å². The number of benzene rings is 1. The summed E-state index contributed by atoms with van der Waals surface area (Å²) < 4.78 is 31.6. The summed E-state index contributed by atoms with van der Waals surface area (Å²) in [5.74, 6) is -1.10. The van der Waals surface area contributed by atoms with Crippen molar-refractivity contribution >= 4 is 22.2 Å². The van der Waals surface area contributed by atoms with Gasteiger partial charge in [-0.2, -0.15) is 0 Å². The molecule has 0 radical (unpaired) electrons. The van der Waals surface area contributed by atoms with E-state index in [1.165, 1.54) is 18.2 Å². The van der Waals surface area contributed by atoms with E-state index in [1.54, 1.807) is 0 Å². The minimum absolute atomic E-state index is 0.338. The van der Waals surface area contributed by atoms with Crippen LogP contribution in [-0.4, -0.2) is 24.0 Å². The average Bonchev–Trinajstić information content (AvgIpc) is 2.14. The predicted molar refractivity (Wildman–Crippen MR) is 51.1 cm³/mol. The number of hydrogen-bond donors (Lipinski definition) is 1. The Morgan fingerprint density at radius 2 is 1.80 bits per heavy atom. The molecule has 0 saturated carbocycles. The summed E-state index contributed by atoms with van der Waals surface area (Å²) in [6, 6.07) is 4.96. The summed E-state index contributed by atoms with van der Waals surface area (Å²) in [6.07, 6.45) is 2.21. The van der Waals surface area contributed by atoms with Crippen molar-refractivity contribution < 1.29 is 22.9 Å². The van der Waals surface area contributed by atoms with Gasteiger partial charge in [-0.25, -0.2) is 13.2 Å². The molecule has 15 heavy (non-hydrogen) atoms. The second kappa shape index (κ2) is 4.24. The van der Waals surface area contributed by atoms with Gasteiger partial charge < -0.3 is 9.66 Å². The van der Waals surface area contributed by atoms with Gasteiger partial charge in [0.25, 0.3) is 0 Å². The highest BCUT2D eigenvalue weighted by Crippen LogP contribution is 2.10. The smallest absolute Gasteiger partial charge is 0.328 e. The molecule has 6 heteroatoms. The molecule has 0 atom stereocenters. The number of hydrogen-bond acceptors (Lipinski definition) is 4. The standard InChI is InChI=1S/C9H8O5S/c10-9(11)6-3-7-1-4-8(5-2-7)15(12,13)14/h1-6H,(H,10,11)(H,12,13,14)/p-1/b6-3-. The Kier molecular flexibility index (Phi) is 3.23. The molecule has 80 valence electrons. The van der Waals surface area contributed by atoms with Crippen LogP contribution >= 0.6 is 0 Å². The molecule has 0 aliphatic heterocycles. The van der Waals surface area contributed by atoms with Crippen LogP contribution in [0.5, 0.6) is 0 Å². The second-order valence-electron chi connectivity index (χ2n) is 2.69. The molecule has 0 amide bonds. The Bertz CT molecular complexity index is 484. The SMILES string of the molecule is O=C(O)/C=C\c1ccc(S(=O)(=O)[O-])cc1. The zero-order valence-corrected chi connectivity index (χ0v) is 8.27. The molecule has 0 aliphatic carbocycles. The van der Waals surface area contributed by atoms with Gasteiger partial charge in [-0.15, -0.1) is 0 Å². The van der Waals surface area contributed by atoms with Crippen LogP contribution in [0.4, 0.5) is 0 Å². The third kappa shape index (κ3) is 3.53. The van der Waals surface area contributed by atoms with Gasteiger partial charge in [0.15, 0.2) is 0 Å². The number of carbonyl (C=O) groups is 1. The lowest BCUT2D eigenvalue weighted by molar-refractivity contribution is -0.131. The van der Waals surface area contributed by atoms with Crippen LogP contribution in [0.1, 0.15) is 5.56 Å². The maximum Gasteiger partial charge on any atom is 0.328 e. The topological polar surface area (TPSA) is 94.5 Å². The van der Waals surface area contributed by atoms with Crippen LogP contribution in [0.15, 0.2) is 35.2 Å². The first-order valence-electron chi connectivity index (χ1n) is 3.86. The minimum Gasteiger partial charge on any atom is -0.744 e. The molecule has 0 heterocycles. The number of carboxylic acid groups (broad SMARTS) is 1. The lowest BCUT2D eigenvalue weighted by atomic mass is 10.2. The van der Waals surface area contributed by atoms with E-state index in [0.717, 1.165) is 18.2 Å². The van der Waals surface area contributed by atoms with E-state index in [1.807, 2.05) is 0 Å². The normalized spacial score (nSPS) is 11.8. The molecule has 0 spiro atoms. The first kappa shape index (κ1) is 11.4. The summed E-state index contributed by atoms with van der Waals surface area (Å²) >= 11 is 0. The quantitative estimate of drug-likeness (QED) is 0.605. The molecule has 0 saturated heterocycles. The predicted octanol–water partition coefficient (Wildman–Crippen LogP) is 0.689. The van der Waals surface area contributed by atoms with Crippen molar-refractivity contribution in [2.24, 2.45) is 0 Å². The van der Waals surface area contributed by atoms with E-state index in [0.29, 0.717) is 5.56 Å². The maximum absolute atomic E-state index is 10.5. The Balaban J connectivity index is 2.96. The fraction of sp³-hybridized carbons (Fsp3) is 0. The molecule has 1 N–H and O–H groups in total. The molecule has 5 nitrogen and oxygen atoms in total. The molecular formula is C9H7O5S-. The molecule has 1 rings (SSSR count). The molecule has 0 aromatic heterocycles. The third-order valence-electron chi connectivity index (χ3n) is 1.59. The maximum atomic E-state index is 10.5. The Morgan fingerprint density at radius 3 is 2.20 bits per heavy atom. The highest BCUT2D eigenvalue weighted by atomic mass is 32.2. The number of carboxylic acids is 1. The molecule has 0 bridgehead atoms. The fourth-order valence-electron chi connectivity index (χ4n) is 0.913. The average molecular weight is 227 g/mol. The summed E-state index contributed by atoms with van der Waals surface area (Å²) in [5.41, 5.74) is 0.504. The number of aliphatic carboxylic acids is 1. The zero-order chi connectivity index (χ0) is 11.5. The van der Waals surface area contributed by atoms with Crippen molar-refractivity contribution in [3.05, 3.63) is 35.9 Å². The lowest BCUT2D eigenvalue weighted by Crippen LogP contribution is -1.97. The molecule has 0 aliphatic rings. The Morgan fingerprint density at radius 1 is 1.27 bits per heavy atom. The van der Waals surface area contributed by atoms with Gasteiger partial charge in [0.2, 0.25) is 0 Å². The summed E-state index contributed by atoms with van der Waals surface area (Å²) in [7, 11) is -4.44. The van der Waals surface area contributed by atoms with Crippen molar-refractivity contribution in [1.82, 2.24) is 0 Å². The Hall–Kier alpha value is -1.66. The van der Waals surface area contributed by atoms with E-state index in [9.17, 15) is 17.8 Å². The van der Waals surface area contributed by atoms with Gasteiger partial charge in [0.05, 0.1) is 4.90 Å². The third-order valence-corrected chi connectivity index (χ3v) is 2.44. The first-order chi connectivity index (χ1) is 6.89. The largest absolute Gasteiger partial charge is 0.744 e. The van der Waals surface area contributed by atoms with Gasteiger partial charge in [0.1, 0.15) is 10.1 Å². The molecular weight excluding hydrogens is 220 g/mol. The molecule has 0 fully saturated rings. The van der Waals surface area contributed by atoms with Gasteiger partial charge in [-0.3, -0.25) is 0 Å². The van der Waals surface area contributed by atoms with Crippen molar-refractivity contribution in [3.8, 4) is 0 Å². The number of rotatable bonds is 3. The highest BCUT2D eigenvalue weighted by molar-refractivity contribution is 7.85. The van der Waals surface area contributed by atoms with Crippen molar-refractivity contribution in [2.45, 2.75) is 4.90 Å². The fourth-order valence-corrected chi connectivity index (χ4v) is 1.38. The van der Waals surface area contributed by atoms with E-state index < -0.39 is 16.1 Å². The molecule has 1 aromatic carbocycles. The molecule has 0 unspecified atom stereocenters. The van der Waals surface area contributed by atoms with E-state index >= 15 is 0 Å². The van der Waals surface area contributed by atoms with E-state index in [4.69, 9.17) is 5.11 Å². The van der Waals surface area contributed by atoms with Crippen LogP contribution in [0.2, 0.25) is 0 Å². The van der Waals surface area contributed by atoms with Crippen LogP contribution in [-0.2, 0) is 14.9 Å². The minimum atomic E-state index is -4.44. The summed E-state index contributed by atoms with van der Waals surface area (Å²) in [4.78, 5) is 9.83. The van der Waals surface area contributed by atoms with Crippen LogP contribution in [0.3, 0.4) is 0 Å². The lowest BCUT2D eigenvalue weighted by Gasteiger charge is -2.06. The summed E-state index contributed by atoms with van der Waals surface area (Å²) in [6.45, 7) is 0. The van der Waals surface area contributed by atoms with Crippen molar-refractivity contribution in [2.75, 3.05) is 0 Å². The van der Waals surface area contributed by atoms with Crippen LogP contribution < -0.4 is 0 Å². The second-order valence-corrected chi connectivity index (χ2v) is 4.07. The van der Waals surface area contributed by atoms with Crippen LogP contribution in [0, 0.1) is 0 Å². The zero-order valence-electron chi connectivity index (χ0n) is 7.45. The van der Waals surface area contributed by atoms with Gasteiger partial charge >= 0.3 is 5.97 Å². The van der Waals surface area contributed by atoms with Gasteiger partial charge in [-0.05, 0) is 23.8 Å². The summed E-state index contributed by atoms with van der Waals surface area (Å²) in [5, 5.41) is 8.33. The van der Waals surface area contributed by atoms with E-state index in [2.05, 4.69) is 0 Å². The monoisotopic (exact) mass is 227 g/mol. The van der Waals surface area contributed by atoms with Crippen molar-refractivity contribution in [3.63, 3.8) is 0 Å².